The number of sulfonamides is 1. The molecule has 2 fully saturated rings. The highest BCUT2D eigenvalue weighted by molar-refractivity contribution is 7.89. The lowest BCUT2D eigenvalue weighted by molar-refractivity contribution is -0.134. The third-order valence-electron chi connectivity index (χ3n) is 6.04. The van der Waals surface area contributed by atoms with Crippen LogP contribution in [0.5, 0.6) is 0 Å². The first-order valence-electron chi connectivity index (χ1n) is 10.5. The average molecular weight is 439 g/mol. The molecule has 162 valence electrons. The van der Waals surface area contributed by atoms with Crippen molar-refractivity contribution in [3.63, 3.8) is 0 Å². The molecule has 7 nitrogen and oxygen atoms in total. The van der Waals surface area contributed by atoms with E-state index in [1.165, 1.54) is 22.1 Å². The van der Waals surface area contributed by atoms with Gasteiger partial charge in [-0.25, -0.2) is 8.42 Å². The lowest BCUT2D eigenvalue weighted by Crippen LogP contribution is -2.53. The summed E-state index contributed by atoms with van der Waals surface area (Å²) in [7, 11) is -3.74. The zero-order chi connectivity index (χ0) is 21.8. The number of amides is 1. The number of benzene rings is 1. The Bertz CT molecular complexity index is 1070. The number of hydrogen-bond acceptors (Lipinski definition) is 5. The maximum absolute atomic E-state index is 12.9. The standard InChI is InChI=1S/C23H26N4O3S/c1-2-19-4-3-5-22(16-19)31(29,30)27-15-14-26(23(28)18-27)17-20-8-12-25(13-9-20)21-6-10-24-11-7-21/h1,3-7,10-11,16,20H,8-9,12-15,17-18H2. The van der Waals surface area contributed by atoms with E-state index in [0.29, 0.717) is 31.1 Å². The Hall–Kier alpha value is -2.89. The molecule has 0 atom stereocenters. The van der Waals surface area contributed by atoms with Crippen LogP contribution in [0.2, 0.25) is 0 Å². The van der Waals surface area contributed by atoms with Crippen LogP contribution in [0.15, 0.2) is 53.7 Å². The van der Waals surface area contributed by atoms with Crippen LogP contribution >= 0.6 is 0 Å². The third-order valence-corrected chi connectivity index (χ3v) is 7.88. The second-order valence-corrected chi connectivity index (χ2v) is 9.92. The molecule has 1 aromatic heterocycles. The van der Waals surface area contributed by atoms with E-state index in [0.717, 1.165) is 25.9 Å². The fraction of sp³-hybridized carbons (Fsp3) is 0.391. The van der Waals surface area contributed by atoms with E-state index < -0.39 is 10.0 Å². The van der Waals surface area contributed by atoms with Crippen molar-refractivity contribution in [3.05, 3.63) is 54.4 Å². The minimum atomic E-state index is -3.74. The zero-order valence-corrected chi connectivity index (χ0v) is 18.2. The number of aromatic nitrogens is 1. The van der Waals surface area contributed by atoms with Crippen molar-refractivity contribution >= 4 is 21.6 Å². The van der Waals surface area contributed by atoms with Crippen molar-refractivity contribution < 1.29 is 13.2 Å². The quantitative estimate of drug-likeness (QED) is 0.666. The molecule has 4 rings (SSSR count). The molecule has 1 amide bonds. The Labute approximate surface area is 183 Å². The Morgan fingerprint density at radius 3 is 2.48 bits per heavy atom. The lowest BCUT2D eigenvalue weighted by Gasteiger charge is -2.38. The van der Waals surface area contributed by atoms with E-state index >= 15 is 0 Å². The van der Waals surface area contributed by atoms with Gasteiger partial charge in [-0.2, -0.15) is 4.31 Å². The molecule has 2 aliphatic heterocycles. The van der Waals surface area contributed by atoms with Crippen molar-refractivity contribution in [3.8, 4) is 12.3 Å². The summed E-state index contributed by atoms with van der Waals surface area (Å²) in [5, 5.41) is 0. The molecule has 0 radical (unpaired) electrons. The first-order valence-corrected chi connectivity index (χ1v) is 11.9. The Morgan fingerprint density at radius 2 is 1.81 bits per heavy atom. The molecule has 0 N–H and O–H groups in total. The van der Waals surface area contributed by atoms with Gasteiger partial charge in [0.25, 0.3) is 0 Å². The van der Waals surface area contributed by atoms with Gasteiger partial charge >= 0.3 is 0 Å². The van der Waals surface area contributed by atoms with Gasteiger partial charge in [0, 0.05) is 56.4 Å². The number of piperazine rings is 1. The lowest BCUT2D eigenvalue weighted by atomic mass is 9.95. The van der Waals surface area contributed by atoms with Crippen LogP contribution in [-0.2, 0) is 14.8 Å². The molecule has 3 heterocycles. The number of nitrogens with zero attached hydrogens (tertiary/aromatic N) is 4. The Morgan fingerprint density at radius 1 is 1.06 bits per heavy atom. The van der Waals surface area contributed by atoms with Crippen molar-refractivity contribution in [2.45, 2.75) is 17.7 Å². The molecule has 2 aliphatic rings. The Kier molecular flexibility index (Phi) is 6.25. The SMILES string of the molecule is C#Cc1cccc(S(=O)(=O)N2CCN(CC3CCN(c4ccncc4)CC3)C(=O)C2)c1. The van der Waals surface area contributed by atoms with Gasteiger partial charge in [-0.15, -0.1) is 6.42 Å². The Balaban J connectivity index is 1.33. The first-order chi connectivity index (χ1) is 15.0. The summed E-state index contributed by atoms with van der Waals surface area (Å²) in [6, 6.07) is 10.3. The van der Waals surface area contributed by atoms with E-state index in [1.54, 1.807) is 24.5 Å². The minimum absolute atomic E-state index is 0.127. The predicted octanol–water partition coefficient (Wildman–Crippen LogP) is 1.81. The molecule has 0 aliphatic carbocycles. The van der Waals surface area contributed by atoms with Gasteiger partial charge in [-0.05, 0) is 49.1 Å². The monoisotopic (exact) mass is 438 g/mol. The number of anilines is 1. The van der Waals surface area contributed by atoms with Crippen LogP contribution in [0.3, 0.4) is 0 Å². The molecule has 2 aromatic rings. The molecule has 31 heavy (non-hydrogen) atoms. The van der Waals surface area contributed by atoms with Gasteiger partial charge < -0.3 is 9.80 Å². The summed E-state index contributed by atoms with van der Waals surface area (Å²) in [5.41, 5.74) is 1.68. The van der Waals surface area contributed by atoms with Crippen LogP contribution < -0.4 is 4.90 Å². The van der Waals surface area contributed by atoms with Crippen molar-refractivity contribution in [1.29, 1.82) is 0 Å². The number of hydrogen-bond donors (Lipinski definition) is 0. The van der Waals surface area contributed by atoms with Crippen LogP contribution in [0.4, 0.5) is 5.69 Å². The van der Waals surface area contributed by atoms with Gasteiger partial charge in [0.2, 0.25) is 15.9 Å². The predicted molar refractivity (Wildman–Crippen MR) is 119 cm³/mol. The van der Waals surface area contributed by atoms with Crippen LogP contribution in [-0.4, -0.2) is 67.8 Å². The highest BCUT2D eigenvalue weighted by Gasteiger charge is 2.34. The normalized spacial score (nSPS) is 18.7. The fourth-order valence-corrected chi connectivity index (χ4v) is 5.65. The summed E-state index contributed by atoms with van der Waals surface area (Å²) >= 11 is 0. The van der Waals surface area contributed by atoms with Gasteiger partial charge in [0.05, 0.1) is 11.4 Å². The number of carbonyl (C=O) groups is 1. The molecule has 2 saturated heterocycles. The highest BCUT2D eigenvalue weighted by atomic mass is 32.2. The number of rotatable bonds is 5. The number of carbonyl (C=O) groups excluding carboxylic acids is 1. The zero-order valence-electron chi connectivity index (χ0n) is 17.4. The van der Waals surface area contributed by atoms with Gasteiger partial charge in [0.15, 0.2) is 0 Å². The molecule has 1 aromatic carbocycles. The number of pyridine rings is 1. The molecule has 0 unspecified atom stereocenters. The largest absolute Gasteiger partial charge is 0.371 e. The van der Waals surface area contributed by atoms with Crippen molar-refractivity contribution in [2.24, 2.45) is 5.92 Å². The smallest absolute Gasteiger partial charge is 0.243 e. The first kappa shape index (κ1) is 21.3. The minimum Gasteiger partial charge on any atom is -0.371 e. The molecule has 0 saturated carbocycles. The van der Waals surface area contributed by atoms with Gasteiger partial charge in [-0.3, -0.25) is 9.78 Å². The maximum atomic E-state index is 12.9. The van der Waals surface area contributed by atoms with E-state index in [1.807, 2.05) is 17.0 Å². The van der Waals surface area contributed by atoms with E-state index in [9.17, 15) is 13.2 Å². The van der Waals surface area contributed by atoms with Crippen molar-refractivity contribution in [2.75, 3.05) is 44.2 Å². The molecular weight excluding hydrogens is 412 g/mol. The summed E-state index contributed by atoms with van der Waals surface area (Å²) in [4.78, 5) is 21.1. The number of terminal acetylenes is 1. The van der Waals surface area contributed by atoms with Crippen molar-refractivity contribution in [1.82, 2.24) is 14.2 Å². The average Bonchev–Trinajstić information content (AvgIpc) is 2.81. The van der Waals surface area contributed by atoms with Crippen LogP contribution in [0, 0.1) is 18.3 Å². The summed E-state index contributed by atoms with van der Waals surface area (Å²) in [6.07, 6.45) is 11.0. The number of piperidine rings is 1. The molecular formula is C23H26N4O3S. The molecule has 0 bridgehead atoms. The summed E-state index contributed by atoms with van der Waals surface area (Å²) in [5.74, 6) is 2.74. The summed E-state index contributed by atoms with van der Waals surface area (Å²) < 4.78 is 27.1. The van der Waals surface area contributed by atoms with E-state index in [-0.39, 0.29) is 17.3 Å². The van der Waals surface area contributed by atoms with E-state index in [4.69, 9.17) is 6.42 Å². The second-order valence-electron chi connectivity index (χ2n) is 7.99. The van der Waals surface area contributed by atoms with Crippen LogP contribution in [0.1, 0.15) is 18.4 Å². The summed E-state index contributed by atoms with van der Waals surface area (Å²) in [6.45, 7) is 3.16. The topological polar surface area (TPSA) is 73.8 Å². The third kappa shape index (κ3) is 4.73. The van der Waals surface area contributed by atoms with Gasteiger partial charge in [0.1, 0.15) is 0 Å². The van der Waals surface area contributed by atoms with Crippen LogP contribution in [0.25, 0.3) is 0 Å². The van der Waals surface area contributed by atoms with E-state index in [2.05, 4.69) is 15.8 Å². The van der Waals surface area contributed by atoms with Gasteiger partial charge in [-0.1, -0.05) is 12.0 Å². The highest BCUT2D eigenvalue weighted by Crippen LogP contribution is 2.25. The maximum Gasteiger partial charge on any atom is 0.243 e. The molecule has 8 heteroatoms. The molecule has 0 spiro atoms. The fourth-order valence-electron chi connectivity index (χ4n) is 4.22. The second kappa shape index (κ2) is 9.08.